The largest absolute Gasteiger partial charge is 0.480 e. The Hall–Kier alpha value is -1.30. The number of carboxylic acids is 1. The number of rotatable bonds is 6. The first-order chi connectivity index (χ1) is 9.45. The standard InChI is InChI=1S/C14H26N2O4/c1-3-8-16(9-10-17)13(20)15-14(12(18)19)6-4-11(2)5-7-14/h11,17H,3-10H2,1-2H3,(H,15,20)(H,18,19). The fraction of sp³-hybridized carbons (Fsp3) is 0.857. The molecule has 0 spiro atoms. The summed E-state index contributed by atoms with van der Waals surface area (Å²) in [6, 6.07) is -0.391. The van der Waals surface area contributed by atoms with Crippen LogP contribution >= 0.6 is 0 Å². The van der Waals surface area contributed by atoms with Crippen molar-refractivity contribution in [2.45, 2.75) is 51.5 Å². The van der Waals surface area contributed by atoms with E-state index < -0.39 is 17.5 Å². The summed E-state index contributed by atoms with van der Waals surface area (Å²) in [5.74, 6) is -0.457. The average Bonchev–Trinajstić information content (AvgIpc) is 2.41. The highest BCUT2D eigenvalue weighted by Crippen LogP contribution is 2.32. The third-order valence-corrected chi connectivity index (χ3v) is 4.03. The number of carbonyl (C=O) groups is 2. The number of hydrogen-bond donors (Lipinski definition) is 3. The molecule has 1 rings (SSSR count). The number of aliphatic carboxylic acids is 1. The first-order valence-corrected chi connectivity index (χ1v) is 7.36. The van der Waals surface area contributed by atoms with Gasteiger partial charge in [0.25, 0.3) is 0 Å². The van der Waals surface area contributed by atoms with Gasteiger partial charge in [0, 0.05) is 13.1 Å². The lowest BCUT2D eigenvalue weighted by molar-refractivity contribution is -0.146. The van der Waals surface area contributed by atoms with Crippen LogP contribution in [0.3, 0.4) is 0 Å². The van der Waals surface area contributed by atoms with Crippen molar-refractivity contribution in [3.8, 4) is 0 Å². The van der Waals surface area contributed by atoms with Crippen molar-refractivity contribution in [2.75, 3.05) is 19.7 Å². The van der Waals surface area contributed by atoms with Crippen molar-refractivity contribution in [3.05, 3.63) is 0 Å². The van der Waals surface area contributed by atoms with Crippen LogP contribution in [0.25, 0.3) is 0 Å². The van der Waals surface area contributed by atoms with E-state index in [9.17, 15) is 14.7 Å². The summed E-state index contributed by atoms with van der Waals surface area (Å²) in [4.78, 5) is 25.3. The van der Waals surface area contributed by atoms with Gasteiger partial charge >= 0.3 is 12.0 Å². The summed E-state index contributed by atoms with van der Waals surface area (Å²) in [5.41, 5.74) is -1.15. The van der Waals surface area contributed by atoms with Gasteiger partial charge in [-0.2, -0.15) is 0 Å². The molecule has 116 valence electrons. The minimum absolute atomic E-state index is 0.121. The molecule has 0 aromatic heterocycles. The van der Waals surface area contributed by atoms with E-state index in [0.717, 1.165) is 19.3 Å². The fourth-order valence-corrected chi connectivity index (χ4v) is 2.64. The molecular weight excluding hydrogens is 260 g/mol. The molecule has 0 aromatic rings. The van der Waals surface area contributed by atoms with E-state index in [4.69, 9.17) is 5.11 Å². The Labute approximate surface area is 120 Å². The highest BCUT2D eigenvalue weighted by atomic mass is 16.4. The van der Waals surface area contributed by atoms with E-state index in [0.29, 0.717) is 25.3 Å². The molecule has 0 heterocycles. The zero-order valence-corrected chi connectivity index (χ0v) is 12.4. The van der Waals surface area contributed by atoms with Crippen LogP contribution in [0.5, 0.6) is 0 Å². The van der Waals surface area contributed by atoms with E-state index in [1.54, 1.807) is 0 Å². The fourth-order valence-electron chi connectivity index (χ4n) is 2.64. The molecule has 20 heavy (non-hydrogen) atoms. The number of aliphatic hydroxyl groups excluding tert-OH is 1. The van der Waals surface area contributed by atoms with Crippen LogP contribution in [0.15, 0.2) is 0 Å². The van der Waals surface area contributed by atoms with Crippen LogP contribution in [0.2, 0.25) is 0 Å². The summed E-state index contributed by atoms with van der Waals surface area (Å²) in [7, 11) is 0. The number of amides is 2. The molecule has 1 fully saturated rings. The van der Waals surface area contributed by atoms with E-state index in [1.165, 1.54) is 4.90 Å². The summed E-state index contributed by atoms with van der Waals surface area (Å²) >= 11 is 0. The Kier molecular flexibility index (Phi) is 6.26. The number of aliphatic hydroxyl groups is 1. The lowest BCUT2D eigenvalue weighted by Crippen LogP contribution is -2.59. The zero-order valence-electron chi connectivity index (χ0n) is 12.4. The normalized spacial score (nSPS) is 26.1. The molecule has 0 aromatic carbocycles. The average molecular weight is 286 g/mol. The molecule has 0 unspecified atom stereocenters. The molecular formula is C14H26N2O4. The van der Waals surface area contributed by atoms with Gasteiger partial charge in [-0.3, -0.25) is 0 Å². The lowest BCUT2D eigenvalue weighted by atomic mass is 9.77. The Morgan fingerprint density at radius 1 is 1.30 bits per heavy atom. The maximum Gasteiger partial charge on any atom is 0.329 e. The van der Waals surface area contributed by atoms with Gasteiger partial charge in [0.15, 0.2) is 0 Å². The Morgan fingerprint density at radius 3 is 2.35 bits per heavy atom. The minimum Gasteiger partial charge on any atom is -0.480 e. The molecule has 0 atom stereocenters. The molecule has 0 aliphatic heterocycles. The predicted molar refractivity (Wildman–Crippen MR) is 75.5 cm³/mol. The molecule has 1 saturated carbocycles. The highest BCUT2D eigenvalue weighted by Gasteiger charge is 2.43. The van der Waals surface area contributed by atoms with Crippen molar-refractivity contribution in [1.29, 1.82) is 0 Å². The third-order valence-electron chi connectivity index (χ3n) is 4.03. The first kappa shape index (κ1) is 16.8. The van der Waals surface area contributed by atoms with Gasteiger partial charge in [-0.25, -0.2) is 9.59 Å². The zero-order chi connectivity index (χ0) is 15.2. The number of carbonyl (C=O) groups excluding carboxylic acids is 1. The molecule has 2 amide bonds. The third kappa shape index (κ3) is 4.10. The number of nitrogens with zero attached hydrogens (tertiary/aromatic N) is 1. The number of nitrogens with one attached hydrogen (secondary N) is 1. The summed E-state index contributed by atoms with van der Waals surface area (Å²) in [5, 5.41) is 21.2. The summed E-state index contributed by atoms with van der Waals surface area (Å²) < 4.78 is 0. The Morgan fingerprint density at radius 2 is 1.90 bits per heavy atom. The molecule has 0 radical (unpaired) electrons. The van der Waals surface area contributed by atoms with Crippen molar-refractivity contribution in [3.63, 3.8) is 0 Å². The lowest BCUT2D eigenvalue weighted by Gasteiger charge is -2.38. The van der Waals surface area contributed by atoms with Crippen molar-refractivity contribution < 1.29 is 19.8 Å². The molecule has 0 saturated heterocycles. The van der Waals surface area contributed by atoms with E-state index in [1.807, 2.05) is 6.92 Å². The molecule has 0 bridgehead atoms. The van der Waals surface area contributed by atoms with Crippen LogP contribution in [0.4, 0.5) is 4.79 Å². The van der Waals surface area contributed by atoms with Gasteiger partial charge < -0.3 is 20.4 Å². The predicted octanol–water partition coefficient (Wildman–Crippen LogP) is 1.43. The topological polar surface area (TPSA) is 89.9 Å². The molecule has 6 nitrogen and oxygen atoms in total. The van der Waals surface area contributed by atoms with Crippen LogP contribution in [-0.4, -0.2) is 52.3 Å². The summed E-state index contributed by atoms with van der Waals surface area (Å²) in [6.07, 6.45) is 3.31. The molecule has 3 N–H and O–H groups in total. The minimum atomic E-state index is -1.15. The smallest absolute Gasteiger partial charge is 0.329 e. The van der Waals surface area contributed by atoms with Gasteiger partial charge in [-0.15, -0.1) is 0 Å². The van der Waals surface area contributed by atoms with Gasteiger partial charge in [-0.05, 0) is 38.0 Å². The second-order valence-corrected chi connectivity index (χ2v) is 5.71. The van der Waals surface area contributed by atoms with Crippen molar-refractivity contribution in [2.24, 2.45) is 5.92 Å². The molecule has 1 aliphatic rings. The number of urea groups is 1. The second-order valence-electron chi connectivity index (χ2n) is 5.71. The van der Waals surface area contributed by atoms with E-state index in [-0.39, 0.29) is 13.2 Å². The maximum absolute atomic E-state index is 12.2. The SMILES string of the molecule is CCCN(CCO)C(=O)NC1(C(=O)O)CCC(C)CC1. The second kappa shape index (κ2) is 7.47. The van der Waals surface area contributed by atoms with E-state index in [2.05, 4.69) is 12.2 Å². The van der Waals surface area contributed by atoms with Crippen LogP contribution in [0.1, 0.15) is 46.0 Å². The number of hydrogen-bond acceptors (Lipinski definition) is 3. The number of carboxylic acid groups (broad SMARTS) is 1. The Balaban J connectivity index is 2.74. The highest BCUT2D eigenvalue weighted by molar-refractivity contribution is 5.86. The van der Waals surface area contributed by atoms with E-state index >= 15 is 0 Å². The van der Waals surface area contributed by atoms with Crippen molar-refractivity contribution >= 4 is 12.0 Å². The summed E-state index contributed by atoms with van der Waals surface area (Å²) in [6.45, 7) is 4.66. The van der Waals surface area contributed by atoms with Gasteiger partial charge in [0.1, 0.15) is 5.54 Å². The van der Waals surface area contributed by atoms with Crippen LogP contribution in [-0.2, 0) is 4.79 Å². The molecule has 1 aliphatic carbocycles. The molecule has 6 heteroatoms. The van der Waals surface area contributed by atoms with Crippen LogP contribution in [0, 0.1) is 5.92 Å². The maximum atomic E-state index is 12.2. The monoisotopic (exact) mass is 286 g/mol. The first-order valence-electron chi connectivity index (χ1n) is 7.36. The van der Waals surface area contributed by atoms with Gasteiger partial charge in [0.05, 0.1) is 6.61 Å². The van der Waals surface area contributed by atoms with Gasteiger partial charge in [0.2, 0.25) is 0 Å². The van der Waals surface area contributed by atoms with Crippen LogP contribution < -0.4 is 5.32 Å². The van der Waals surface area contributed by atoms with Gasteiger partial charge in [-0.1, -0.05) is 13.8 Å². The quantitative estimate of drug-likeness (QED) is 0.689. The Bertz CT molecular complexity index is 332. The van der Waals surface area contributed by atoms with Crippen molar-refractivity contribution in [1.82, 2.24) is 10.2 Å².